The maximum absolute atomic E-state index is 13.2. The second-order valence-electron chi connectivity index (χ2n) is 7.90. The number of urea groups is 1. The molecule has 2 heterocycles. The lowest BCUT2D eigenvalue weighted by Gasteiger charge is -2.23. The molecule has 2 aliphatic heterocycles. The van der Waals surface area contributed by atoms with Crippen molar-refractivity contribution >= 4 is 17.7 Å². The molecule has 0 saturated carbocycles. The van der Waals surface area contributed by atoms with Crippen molar-refractivity contribution in [1.82, 2.24) is 10.2 Å². The number of carbonyl (C=O) groups is 3. The summed E-state index contributed by atoms with van der Waals surface area (Å²) in [5, 5.41) is 2.74. The summed E-state index contributed by atoms with van der Waals surface area (Å²) in [5.41, 5.74) is 1.65. The number of fused-ring (bicyclic) bond motifs is 1. The molecule has 0 bridgehead atoms. The number of hydrogen-bond donors (Lipinski definition) is 1. The minimum absolute atomic E-state index is 0.279. The molecule has 1 atom stereocenters. The summed E-state index contributed by atoms with van der Waals surface area (Å²) in [6.07, 6.45) is 0.769. The minimum atomic E-state index is -1.29. The smallest absolute Gasteiger partial charge is 0.325 e. The average Bonchev–Trinajstić information content (AvgIpc) is 2.87. The molecule has 0 aromatic heterocycles. The van der Waals surface area contributed by atoms with Crippen molar-refractivity contribution in [2.75, 3.05) is 19.8 Å². The van der Waals surface area contributed by atoms with Gasteiger partial charge in [0.1, 0.15) is 5.54 Å². The molecule has 4 rings (SSSR count). The van der Waals surface area contributed by atoms with Crippen LogP contribution in [0.3, 0.4) is 0 Å². The minimum Gasteiger partial charge on any atom is -0.490 e. The molecule has 0 unspecified atom stereocenters. The molecule has 156 valence electrons. The third kappa shape index (κ3) is 3.40. The zero-order valence-electron chi connectivity index (χ0n) is 17.3. The lowest BCUT2D eigenvalue weighted by Crippen LogP contribution is -2.41. The van der Waals surface area contributed by atoms with E-state index in [1.54, 1.807) is 31.2 Å². The Morgan fingerprint density at radius 2 is 1.80 bits per heavy atom. The van der Waals surface area contributed by atoms with E-state index in [1.807, 2.05) is 26.0 Å². The number of rotatable bonds is 4. The van der Waals surface area contributed by atoms with Crippen molar-refractivity contribution in [3.63, 3.8) is 0 Å². The van der Waals surface area contributed by atoms with E-state index in [-0.39, 0.29) is 12.3 Å². The maximum Gasteiger partial charge on any atom is 0.325 e. The second-order valence-corrected chi connectivity index (χ2v) is 7.90. The number of amides is 3. The van der Waals surface area contributed by atoms with E-state index >= 15 is 0 Å². The number of nitrogens with zero attached hydrogens (tertiary/aromatic N) is 1. The summed E-state index contributed by atoms with van der Waals surface area (Å²) >= 11 is 0. The molecular formula is C23H24N2O5. The van der Waals surface area contributed by atoms with E-state index in [2.05, 4.69) is 5.32 Å². The number of Topliss-reactive ketones (excluding diaryl/α,β-unsaturated/α-hetero) is 1. The first kappa shape index (κ1) is 19.9. The van der Waals surface area contributed by atoms with Gasteiger partial charge in [-0.25, -0.2) is 4.79 Å². The van der Waals surface area contributed by atoms with Gasteiger partial charge in [-0.05, 0) is 44.0 Å². The van der Waals surface area contributed by atoms with Gasteiger partial charge < -0.3 is 14.8 Å². The number of carbonyl (C=O) groups excluding carboxylic acids is 3. The fourth-order valence-electron chi connectivity index (χ4n) is 3.87. The molecule has 0 aliphatic carbocycles. The Kier molecular flexibility index (Phi) is 4.97. The predicted molar refractivity (Wildman–Crippen MR) is 110 cm³/mol. The second kappa shape index (κ2) is 7.48. The molecular weight excluding hydrogens is 384 g/mol. The number of aryl methyl sites for hydroxylation is 2. The molecule has 0 radical (unpaired) electrons. The lowest BCUT2D eigenvalue weighted by atomic mass is 9.91. The summed E-state index contributed by atoms with van der Waals surface area (Å²) in [7, 11) is 0. The zero-order chi connectivity index (χ0) is 21.5. The molecule has 30 heavy (non-hydrogen) atoms. The fraction of sp³-hybridized carbons (Fsp3) is 0.348. The number of nitrogens with one attached hydrogen (secondary N) is 1. The molecule has 7 heteroatoms. The monoisotopic (exact) mass is 408 g/mol. The highest BCUT2D eigenvalue weighted by molar-refractivity contribution is 6.11. The van der Waals surface area contributed by atoms with Crippen molar-refractivity contribution in [1.29, 1.82) is 0 Å². The topological polar surface area (TPSA) is 84.9 Å². The van der Waals surface area contributed by atoms with E-state index in [1.165, 1.54) is 0 Å². The van der Waals surface area contributed by atoms with Crippen molar-refractivity contribution in [3.05, 3.63) is 58.7 Å². The van der Waals surface area contributed by atoms with Gasteiger partial charge in [-0.15, -0.1) is 0 Å². The van der Waals surface area contributed by atoms with E-state index in [0.29, 0.717) is 35.8 Å². The first-order valence-corrected chi connectivity index (χ1v) is 9.94. The van der Waals surface area contributed by atoms with Gasteiger partial charge in [0.2, 0.25) is 0 Å². The van der Waals surface area contributed by atoms with E-state index < -0.39 is 17.5 Å². The fourth-order valence-corrected chi connectivity index (χ4v) is 3.87. The van der Waals surface area contributed by atoms with Gasteiger partial charge in [0, 0.05) is 12.0 Å². The zero-order valence-corrected chi connectivity index (χ0v) is 17.3. The van der Waals surface area contributed by atoms with Crippen LogP contribution in [0.5, 0.6) is 11.5 Å². The van der Waals surface area contributed by atoms with Gasteiger partial charge in [-0.1, -0.05) is 29.8 Å². The Bertz CT molecular complexity index is 1050. The van der Waals surface area contributed by atoms with Crippen LogP contribution in [-0.2, 0) is 10.3 Å². The molecule has 2 aliphatic rings. The first-order valence-electron chi connectivity index (χ1n) is 9.94. The van der Waals surface area contributed by atoms with E-state index in [9.17, 15) is 14.4 Å². The third-order valence-electron chi connectivity index (χ3n) is 5.58. The number of ether oxygens (including phenoxy) is 2. The summed E-state index contributed by atoms with van der Waals surface area (Å²) in [5.74, 6) is 0.399. The molecule has 7 nitrogen and oxygen atoms in total. The van der Waals surface area contributed by atoms with Crippen molar-refractivity contribution in [2.45, 2.75) is 32.7 Å². The van der Waals surface area contributed by atoms with Crippen LogP contribution in [0.4, 0.5) is 4.79 Å². The predicted octanol–water partition coefficient (Wildman–Crippen LogP) is 3.11. The van der Waals surface area contributed by atoms with E-state index in [0.717, 1.165) is 22.4 Å². The van der Waals surface area contributed by atoms with E-state index in [4.69, 9.17) is 9.47 Å². The van der Waals surface area contributed by atoms with Crippen LogP contribution in [0.15, 0.2) is 36.4 Å². The van der Waals surface area contributed by atoms with Crippen LogP contribution < -0.4 is 14.8 Å². The van der Waals surface area contributed by atoms with Crippen LogP contribution in [0.1, 0.15) is 40.4 Å². The molecule has 1 saturated heterocycles. The molecule has 2 aromatic carbocycles. The van der Waals surface area contributed by atoms with Crippen LogP contribution in [0.25, 0.3) is 0 Å². The van der Waals surface area contributed by atoms with Gasteiger partial charge in [-0.2, -0.15) is 0 Å². The highest BCUT2D eigenvalue weighted by Gasteiger charge is 2.49. The Hall–Kier alpha value is -3.35. The van der Waals surface area contributed by atoms with Gasteiger partial charge in [0.25, 0.3) is 5.91 Å². The van der Waals surface area contributed by atoms with Crippen LogP contribution >= 0.6 is 0 Å². The highest BCUT2D eigenvalue weighted by atomic mass is 16.5. The molecule has 1 fully saturated rings. The van der Waals surface area contributed by atoms with Gasteiger partial charge >= 0.3 is 6.03 Å². The van der Waals surface area contributed by atoms with Gasteiger partial charge in [0.15, 0.2) is 17.3 Å². The summed E-state index contributed by atoms with van der Waals surface area (Å²) in [6, 6.07) is 10.1. The molecule has 2 aromatic rings. The molecule has 3 amide bonds. The first-order chi connectivity index (χ1) is 14.3. The lowest BCUT2D eigenvalue weighted by molar-refractivity contribution is -0.130. The summed E-state index contributed by atoms with van der Waals surface area (Å²) in [4.78, 5) is 39.6. The SMILES string of the molecule is Cc1ccc(C(=O)CN2C(=O)N[C@@](C)(c3ccc4c(c3)OCCCO4)C2=O)c(C)c1. The number of imide groups is 1. The number of ketones is 1. The number of hydrogen-bond acceptors (Lipinski definition) is 5. The van der Waals surface area contributed by atoms with Crippen LogP contribution in [0.2, 0.25) is 0 Å². The van der Waals surface area contributed by atoms with Crippen LogP contribution in [0, 0.1) is 13.8 Å². The average molecular weight is 408 g/mol. The van der Waals surface area contributed by atoms with Crippen molar-refractivity contribution in [2.24, 2.45) is 0 Å². The maximum atomic E-state index is 13.2. The normalized spacial score (nSPS) is 20.7. The van der Waals surface area contributed by atoms with Crippen LogP contribution in [-0.4, -0.2) is 42.4 Å². The quantitative estimate of drug-likeness (QED) is 0.621. The molecule has 0 spiro atoms. The summed E-state index contributed by atoms with van der Waals surface area (Å²) in [6.45, 7) is 6.19. The molecule has 1 N–H and O–H groups in total. The number of benzene rings is 2. The van der Waals surface area contributed by atoms with Gasteiger partial charge in [-0.3, -0.25) is 14.5 Å². The third-order valence-corrected chi connectivity index (χ3v) is 5.58. The summed E-state index contributed by atoms with van der Waals surface area (Å²) < 4.78 is 11.3. The standard InChI is InChI=1S/C23H24N2O5/c1-14-5-7-17(15(2)11-14)18(26)13-25-21(27)23(3,24-22(25)28)16-6-8-19-20(12-16)30-10-4-9-29-19/h5-8,11-12H,4,9-10,13H2,1-3H3,(H,24,28)/t23-/m0/s1. The van der Waals surface area contributed by atoms with Crippen molar-refractivity contribution in [3.8, 4) is 11.5 Å². The largest absolute Gasteiger partial charge is 0.490 e. The Labute approximate surface area is 175 Å². The highest BCUT2D eigenvalue weighted by Crippen LogP contribution is 2.36. The van der Waals surface area contributed by atoms with Gasteiger partial charge in [0.05, 0.1) is 19.8 Å². The Balaban J connectivity index is 1.59. The Morgan fingerprint density at radius 1 is 1.07 bits per heavy atom. The van der Waals surface area contributed by atoms with Crippen molar-refractivity contribution < 1.29 is 23.9 Å². The Morgan fingerprint density at radius 3 is 2.53 bits per heavy atom.